The standard InChI is InChI=1S/C20H20FN5O/c1-3-19(27)25-11-9-14(12-25)20-17(18-8-10-22-24(18)2)13-26(23-20)16-6-4-15(21)5-7-16/h3-8,10,13-14H,1,9,11-12H2,2H3. The third kappa shape index (κ3) is 3.16. The summed E-state index contributed by atoms with van der Waals surface area (Å²) in [6.07, 6.45) is 5.88. The molecule has 1 unspecified atom stereocenters. The van der Waals surface area contributed by atoms with Crippen molar-refractivity contribution in [3.63, 3.8) is 0 Å². The van der Waals surface area contributed by atoms with E-state index in [4.69, 9.17) is 5.10 Å². The van der Waals surface area contributed by atoms with Crippen molar-refractivity contribution >= 4 is 5.91 Å². The topological polar surface area (TPSA) is 56.0 Å². The minimum atomic E-state index is -0.285. The van der Waals surface area contributed by atoms with E-state index in [2.05, 4.69) is 11.7 Å². The van der Waals surface area contributed by atoms with Gasteiger partial charge in [0.25, 0.3) is 0 Å². The van der Waals surface area contributed by atoms with Crippen LogP contribution < -0.4 is 0 Å². The molecule has 2 aromatic heterocycles. The summed E-state index contributed by atoms with van der Waals surface area (Å²) in [6.45, 7) is 4.86. The van der Waals surface area contributed by atoms with E-state index in [1.807, 2.05) is 19.3 Å². The summed E-state index contributed by atoms with van der Waals surface area (Å²) in [4.78, 5) is 13.7. The average Bonchev–Trinajstić information content (AvgIpc) is 3.40. The van der Waals surface area contributed by atoms with E-state index in [0.29, 0.717) is 13.1 Å². The normalized spacial score (nSPS) is 16.7. The number of hydrogen-bond acceptors (Lipinski definition) is 3. The van der Waals surface area contributed by atoms with Crippen molar-refractivity contribution < 1.29 is 9.18 Å². The van der Waals surface area contributed by atoms with Gasteiger partial charge < -0.3 is 4.90 Å². The summed E-state index contributed by atoms with van der Waals surface area (Å²) < 4.78 is 16.8. The quantitative estimate of drug-likeness (QED) is 0.668. The van der Waals surface area contributed by atoms with Crippen LogP contribution in [0.3, 0.4) is 0 Å². The molecule has 4 rings (SSSR count). The molecule has 138 valence electrons. The molecule has 1 aliphatic heterocycles. The summed E-state index contributed by atoms with van der Waals surface area (Å²) in [5.74, 6) is -0.217. The van der Waals surface area contributed by atoms with Crippen molar-refractivity contribution in [2.24, 2.45) is 7.05 Å². The molecule has 0 radical (unpaired) electrons. The van der Waals surface area contributed by atoms with Gasteiger partial charge in [-0.1, -0.05) is 6.58 Å². The fourth-order valence-electron chi connectivity index (χ4n) is 3.56. The molecule has 0 saturated carbocycles. The molecular formula is C20H20FN5O. The zero-order valence-corrected chi connectivity index (χ0v) is 15.0. The van der Waals surface area contributed by atoms with Crippen molar-refractivity contribution in [2.45, 2.75) is 12.3 Å². The van der Waals surface area contributed by atoms with Gasteiger partial charge in [0, 0.05) is 44.0 Å². The van der Waals surface area contributed by atoms with Crippen LogP contribution in [0.2, 0.25) is 0 Å². The molecule has 1 atom stereocenters. The van der Waals surface area contributed by atoms with Crippen molar-refractivity contribution in [3.8, 4) is 16.9 Å². The van der Waals surface area contributed by atoms with Crippen LogP contribution in [0, 0.1) is 5.82 Å². The Morgan fingerprint density at radius 3 is 2.74 bits per heavy atom. The van der Waals surface area contributed by atoms with Crippen molar-refractivity contribution in [1.29, 1.82) is 0 Å². The second kappa shape index (κ2) is 6.83. The summed E-state index contributed by atoms with van der Waals surface area (Å²) >= 11 is 0. The lowest BCUT2D eigenvalue weighted by atomic mass is 9.99. The lowest BCUT2D eigenvalue weighted by Crippen LogP contribution is -2.26. The Morgan fingerprint density at radius 2 is 2.07 bits per heavy atom. The molecule has 1 amide bonds. The largest absolute Gasteiger partial charge is 0.338 e. The summed E-state index contributed by atoms with van der Waals surface area (Å²) in [6, 6.07) is 8.17. The predicted molar refractivity (Wildman–Crippen MR) is 99.9 cm³/mol. The van der Waals surface area contributed by atoms with E-state index in [1.165, 1.54) is 18.2 Å². The molecule has 0 aliphatic carbocycles. The second-order valence-corrected chi connectivity index (χ2v) is 6.66. The third-order valence-electron chi connectivity index (χ3n) is 4.99. The molecule has 1 fully saturated rings. The Labute approximate surface area is 156 Å². The van der Waals surface area contributed by atoms with E-state index in [1.54, 1.807) is 32.6 Å². The van der Waals surface area contributed by atoms with E-state index in [0.717, 1.165) is 29.1 Å². The maximum Gasteiger partial charge on any atom is 0.245 e. The van der Waals surface area contributed by atoms with Crippen LogP contribution in [0.4, 0.5) is 4.39 Å². The molecule has 0 N–H and O–H groups in total. The fourth-order valence-corrected chi connectivity index (χ4v) is 3.56. The van der Waals surface area contributed by atoms with Gasteiger partial charge in [0.15, 0.2) is 0 Å². The second-order valence-electron chi connectivity index (χ2n) is 6.66. The van der Waals surface area contributed by atoms with Crippen LogP contribution in [0.15, 0.2) is 55.4 Å². The predicted octanol–water partition coefficient (Wildman–Crippen LogP) is 2.91. The summed E-state index contributed by atoms with van der Waals surface area (Å²) in [5.41, 5.74) is 3.62. The minimum absolute atomic E-state index is 0.0578. The highest BCUT2D eigenvalue weighted by molar-refractivity contribution is 5.87. The number of carbonyl (C=O) groups excluding carboxylic acids is 1. The van der Waals surface area contributed by atoms with Gasteiger partial charge in [-0.2, -0.15) is 10.2 Å². The lowest BCUT2D eigenvalue weighted by Gasteiger charge is -2.14. The number of aryl methyl sites for hydroxylation is 1. The third-order valence-corrected chi connectivity index (χ3v) is 4.99. The Hall–Kier alpha value is -3.22. The molecule has 3 heterocycles. The molecule has 3 aromatic rings. The van der Waals surface area contributed by atoms with Crippen LogP contribution in [-0.2, 0) is 11.8 Å². The van der Waals surface area contributed by atoms with Gasteiger partial charge >= 0.3 is 0 Å². The molecule has 1 aliphatic rings. The zero-order chi connectivity index (χ0) is 19.0. The summed E-state index contributed by atoms with van der Waals surface area (Å²) in [7, 11) is 1.89. The smallest absolute Gasteiger partial charge is 0.245 e. The molecular weight excluding hydrogens is 345 g/mol. The van der Waals surface area contributed by atoms with Gasteiger partial charge in [-0.3, -0.25) is 9.48 Å². The Morgan fingerprint density at radius 1 is 1.30 bits per heavy atom. The number of amides is 1. The highest BCUT2D eigenvalue weighted by atomic mass is 19.1. The molecule has 1 aromatic carbocycles. The minimum Gasteiger partial charge on any atom is -0.338 e. The SMILES string of the molecule is C=CC(=O)N1CCC(c2nn(-c3ccc(F)cc3)cc2-c2ccnn2C)C1. The lowest BCUT2D eigenvalue weighted by molar-refractivity contribution is -0.125. The number of carbonyl (C=O) groups is 1. The van der Waals surface area contributed by atoms with Gasteiger partial charge in [0.05, 0.1) is 17.1 Å². The zero-order valence-electron chi connectivity index (χ0n) is 15.0. The molecule has 0 bridgehead atoms. The first kappa shape index (κ1) is 17.2. The van der Waals surface area contributed by atoms with Crippen LogP contribution in [0.25, 0.3) is 16.9 Å². The number of aromatic nitrogens is 4. The van der Waals surface area contributed by atoms with Crippen LogP contribution in [0.1, 0.15) is 18.0 Å². The average molecular weight is 365 g/mol. The van der Waals surface area contributed by atoms with Gasteiger partial charge in [0.2, 0.25) is 5.91 Å². The molecule has 0 spiro atoms. The highest BCUT2D eigenvalue weighted by Gasteiger charge is 2.31. The maximum atomic E-state index is 13.3. The van der Waals surface area contributed by atoms with E-state index in [-0.39, 0.29) is 17.6 Å². The van der Waals surface area contributed by atoms with E-state index < -0.39 is 0 Å². The first-order chi connectivity index (χ1) is 13.1. The molecule has 1 saturated heterocycles. The van der Waals surface area contributed by atoms with Crippen molar-refractivity contribution in [1.82, 2.24) is 24.5 Å². The van der Waals surface area contributed by atoms with Gasteiger partial charge in [-0.05, 0) is 42.8 Å². The van der Waals surface area contributed by atoms with Gasteiger partial charge in [-0.15, -0.1) is 0 Å². The van der Waals surface area contributed by atoms with Crippen molar-refractivity contribution in [2.75, 3.05) is 13.1 Å². The monoisotopic (exact) mass is 365 g/mol. The van der Waals surface area contributed by atoms with Crippen LogP contribution in [0.5, 0.6) is 0 Å². The number of likely N-dealkylation sites (tertiary alicyclic amines) is 1. The number of nitrogens with zero attached hydrogens (tertiary/aromatic N) is 5. The van der Waals surface area contributed by atoms with E-state index in [9.17, 15) is 9.18 Å². The number of halogens is 1. The molecule has 27 heavy (non-hydrogen) atoms. The Bertz CT molecular complexity index is 988. The first-order valence-corrected chi connectivity index (χ1v) is 8.82. The number of rotatable bonds is 4. The van der Waals surface area contributed by atoms with Crippen LogP contribution in [-0.4, -0.2) is 43.5 Å². The van der Waals surface area contributed by atoms with Gasteiger partial charge in [-0.25, -0.2) is 9.07 Å². The number of benzene rings is 1. The van der Waals surface area contributed by atoms with E-state index >= 15 is 0 Å². The Balaban J connectivity index is 1.75. The number of hydrogen-bond donors (Lipinski definition) is 0. The molecule has 6 nitrogen and oxygen atoms in total. The van der Waals surface area contributed by atoms with Crippen LogP contribution >= 0.6 is 0 Å². The highest BCUT2D eigenvalue weighted by Crippen LogP contribution is 2.34. The summed E-state index contributed by atoms with van der Waals surface area (Å²) in [5, 5.41) is 9.06. The van der Waals surface area contributed by atoms with Crippen molar-refractivity contribution in [3.05, 3.63) is 66.9 Å². The molecule has 7 heteroatoms. The van der Waals surface area contributed by atoms with Gasteiger partial charge in [0.1, 0.15) is 5.82 Å². The first-order valence-electron chi connectivity index (χ1n) is 8.82. The fraction of sp³-hybridized carbons (Fsp3) is 0.250. The Kier molecular flexibility index (Phi) is 4.35. The maximum absolute atomic E-state index is 13.3.